The molecule has 0 saturated carbocycles. The highest BCUT2D eigenvalue weighted by Crippen LogP contribution is 2.18. The Balaban J connectivity index is 2.35. The fraction of sp³-hybridized carbons (Fsp3) is 0.308. The van der Waals surface area contributed by atoms with Crippen LogP contribution in [0.2, 0.25) is 0 Å². The zero-order chi connectivity index (χ0) is 14.7. The zero-order valence-corrected chi connectivity index (χ0v) is 12.4. The van der Waals surface area contributed by atoms with Crippen LogP contribution in [0.3, 0.4) is 0 Å². The number of aromatic amines is 1. The van der Waals surface area contributed by atoms with E-state index < -0.39 is 0 Å². The number of hydrogen-bond donors (Lipinski definition) is 1. The van der Waals surface area contributed by atoms with Crippen LogP contribution in [0, 0.1) is 11.7 Å². The molecular weight excluding hydrogens is 276 g/mol. The topological polar surface area (TPSA) is 63.1 Å². The van der Waals surface area contributed by atoms with Gasteiger partial charge in [-0.3, -0.25) is 19.3 Å². The molecule has 1 amide bonds. The minimum Gasteiger partial charge on any atom is -0.291 e. The number of amides is 1. The van der Waals surface area contributed by atoms with E-state index in [4.69, 9.17) is 17.1 Å². The Hall–Kier alpha value is -1.99. The van der Waals surface area contributed by atoms with Gasteiger partial charge in [0.15, 0.2) is 10.6 Å². The van der Waals surface area contributed by atoms with Crippen molar-refractivity contribution in [2.75, 3.05) is 14.2 Å². The lowest BCUT2D eigenvalue weighted by Crippen LogP contribution is -2.29. The van der Waals surface area contributed by atoms with E-state index in [1.807, 2.05) is 31.2 Å². The third-order valence-corrected chi connectivity index (χ3v) is 3.30. The van der Waals surface area contributed by atoms with Gasteiger partial charge in [-0.05, 0) is 19.1 Å². The Morgan fingerprint density at radius 2 is 2.10 bits per heavy atom. The Bertz CT molecular complexity index is 660. The molecule has 1 N–H and O–H groups in total. The number of likely N-dealkylation sites (N-methyl/N-ethyl adjacent to an activating group) is 1. The number of rotatable bonds is 4. The van der Waals surface area contributed by atoms with Crippen molar-refractivity contribution < 1.29 is 9.63 Å². The van der Waals surface area contributed by atoms with Crippen LogP contribution in [0.25, 0.3) is 11.4 Å². The maximum absolute atomic E-state index is 11.9. The average molecular weight is 292 g/mol. The van der Waals surface area contributed by atoms with Gasteiger partial charge in [-0.25, -0.2) is 5.06 Å². The van der Waals surface area contributed by atoms with E-state index in [2.05, 4.69) is 10.2 Å². The summed E-state index contributed by atoms with van der Waals surface area (Å²) >= 11 is 5.17. The predicted molar refractivity (Wildman–Crippen MR) is 77.4 cm³/mol. The van der Waals surface area contributed by atoms with Gasteiger partial charge in [0.05, 0.1) is 7.11 Å². The van der Waals surface area contributed by atoms with Gasteiger partial charge in [-0.1, -0.05) is 29.8 Å². The van der Waals surface area contributed by atoms with E-state index in [1.54, 1.807) is 11.6 Å². The van der Waals surface area contributed by atoms with Crippen molar-refractivity contribution >= 4 is 18.1 Å². The Morgan fingerprint density at radius 1 is 1.45 bits per heavy atom. The second-order valence-electron chi connectivity index (χ2n) is 4.38. The number of aryl methyl sites for hydroxylation is 1. The number of carbonyl (C=O) groups excluding carboxylic acids is 1. The van der Waals surface area contributed by atoms with E-state index >= 15 is 0 Å². The van der Waals surface area contributed by atoms with Crippen LogP contribution in [-0.2, 0) is 16.2 Å². The van der Waals surface area contributed by atoms with Crippen molar-refractivity contribution in [1.29, 1.82) is 0 Å². The highest BCUT2D eigenvalue weighted by Gasteiger charge is 2.14. The summed E-state index contributed by atoms with van der Waals surface area (Å²) in [4.78, 5) is 16.8. The molecule has 0 saturated heterocycles. The lowest BCUT2D eigenvalue weighted by atomic mass is 10.1. The molecule has 0 atom stereocenters. The maximum atomic E-state index is 11.9. The first kappa shape index (κ1) is 14.4. The van der Waals surface area contributed by atoms with E-state index in [-0.39, 0.29) is 12.5 Å². The summed E-state index contributed by atoms with van der Waals surface area (Å²) in [6, 6.07) is 7.86. The highest BCUT2D eigenvalue weighted by atomic mass is 32.1. The summed E-state index contributed by atoms with van der Waals surface area (Å²) in [7, 11) is 2.99. The number of nitrogens with zero attached hydrogens (tertiary/aromatic N) is 3. The molecule has 20 heavy (non-hydrogen) atoms. The Kier molecular flexibility index (Phi) is 4.31. The van der Waals surface area contributed by atoms with Crippen LogP contribution in [0.15, 0.2) is 24.3 Å². The van der Waals surface area contributed by atoms with Crippen LogP contribution in [0.1, 0.15) is 5.56 Å². The molecule has 2 rings (SSSR count). The molecule has 0 fully saturated rings. The molecule has 0 radical (unpaired) electrons. The number of carbonyl (C=O) groups is 1. The molecule has 1 aromatic heterocycles. The SMILES string of the molecule is CON(C)C(=O)Cn1c(-c2ccc(C)cc2)n[nH]c1=S. The summed E-state index contributed by atoms with van der Waals surface area (Å²) in [6.45, 7) is 2.08. The molecule has 0 spiro atoms. The van der Waals surface area contributed by atoms with Gasteiger partial charge in [-0.2, -0.15) is 5.10 Å². The fourth-order valence-electron chi connectivity index (χ4n) is 1.72. The first-order valence-electron chi connectivity index (χ1n) is 6.06. The molecule has 0 unspecified atom stereocenters. The highest BCUT2D eigenvalue weighted by molar-refractivity contribution is 7.71. The van der Waals surface area contributed by atoms with Gasteiger partial charge in [0, 0.05) is 12.6 Å². The lowest BCUT2D eigenvalue weighted by Gasteiger charge is -2.14. The summed E-state index contributed by atoms with van der Waals surface area (Å²) in [5, 5.41) is 8.07. The van der Waals surface area contributed by atoms with Crippen LogP contribution in [0.5, 0.6) is 0 Å². The number of hydrogen-bond acceptors (Lipinski definition) is 4. The number of aromatic nitrogens is 3. The van der Waals surface area contributed by atoms with Crippen LogP contribution >= 0.6 is 12.2 Å². The lowest BCUT2D eigenvalue weighted by molar-refractivity contribution is -0.169. The van der Waals surface area contributed by atoms with E-state index in [1.165, 1.54) is 7.11 Å². The molecule has 106 valence electrons. The van der Waals surface area contributed by atoms with Crippen LogP contribution in [0.4, 0.5) is 0 Å². The van der Waals surface area contributed by atoms with Crippen LogP contribution in [-0.4, -0.2) is 39.9 Å². The monoisotopic (exact) mass is 292 g/mol. The second-order valence-corrected chi connectivity index (χ2v) is 4.77. The molecule has 7 heteroatoms. The third kappa shape index (κ3) is 2.94. The molecule has 0 bridgehead atoms. The minimum absolute atomic E-state index is 0.0723. The quantitative estimate of drug-likeness (QED) is 0.691. The van der Waals surface area contributed by atoms with Gasteiger partial charge in [0.2, 0.25) is 0 Å². The largest absolute Gasteiger partial charge is 0.291 e. The number of benzene rings is 1. The van der Waals surface area contributed by atoms with Gasteiger partial charge >= 0.3 is 0 Å². The summed E-state index contributed by atoms with van der Waals surface area (Å²) in [6.07, 6.45) is 0. The van der Waals surface area contributed by atoms with E-state index in [0.29, 0.717) is 10.6 Å². The fourth-order valence-corrected chi connectivity index (χ4v) is 1.92. The summed E-state index contributed by atoms with van der Waals surface area (Å²) in [5.41, 5.74) is 2.06. The molecule has 6 nitrogen and oxygen atoms in total. The van der Waals surface area contributed by atoms with Crippen molar-refractivity contribution in [3.05, 3.63) is 34.6 Å². The number of hydroxylamine groups is 2. The molecule has 1 heterocycles. The van der Waals surface area contributed by atoms with Gasteiger partial charge in [0.25, 0.3) is 5.91 Å². The number of H-pyrrole nitrogens is 1. The minimum atomic E-state index is -0.210. The molecule has 1 aromatic carbocycles. The van der Waals surface area contributed by atoms with Crippen molar-refractivity contribution in [2.24, 2.45) is 0 Å². The average Bonchev–Trinajstić information content (AvgIpc) is 2.80. The summed E-state index contributed by atoms with van der Waals surface area (Å²) in [5.74, 6) is 0.422. The van der Waals surface area contributed by atoms with Crippen molar-refractivity contribution in [3.8, 4) is 11.4 Å². The molecule has 0 aliphatic carbocycles. The first-order valence-corrected chi connectivity index (χ1v) is 6.46. The smallest absolute Gasteiger partial charge is 0.265 e. The van der Waals surface area contributed by atoms with Crippen LogP contribution < -0.4 is 0 Å². The van der Waals surface area contributed by atoms with E-state index in [9.17, 15) is 4.79 Å². The van der Waals surface area contributed by atoms with Crippen molar-refractivity contribution in [1.82, 2.24) is 19.8 Å². The zero-order valence-electron chi connectivity index (χ0n) is 11.6. The summed E-state index contributed by atoms with van der Waals surface area (Å²) < 4.78 is 2.05. The van der Waals surface area contributed by atoms with Gasteiger partial charge in [-0.15, -0.1) is 0 Å². The molecular formula is C13H16N4O2S. The molecule has 2 aromatic rings. The second kappa shape index (κ2) is 5.98. The first-order chi connectivity index (χ1) is 9.52. The molecule has 0 aliphatic rings. The normalized spacial score (nSPS) is 10.6. The van der Waals surface area contributed by atoms with Gasteiger partial charge in [0.1, 0.15) is 6.54 Å². The number of nitrogens with one attached hydrogen (secondary N) is 1. The van der Waals surface area contributed by atoms with Crippen molar-refractivity contribution in [3.63, 3.8) is 0 Å². The predicted octanol–water partition coefficient (Wildman–Crippen LogP) is 1.94. The third-order valence-electron chi connectivity index (χ3n) is 2.99. The standard InChI is InChI=1S/C13H16N4O2S/c1-9-4-6-10(7-5-9)12-14-15-13(20)17(12)8-11(18)16(2)19-3/h4-7H,8H2,1-3H3,(H,15,20). The molecule has 0 aliphatic heterocycles. The van der Waals surface area contributed by atoms with Gasteiger partial charge < -0.3 is 0 Å². The van der Waals surface area contributed by atoms with E-state index in [0.717, 1.165) is 16.2 Å². The Labute approximate surface area is 121 Å². The maximum Gasteiger partial charge on any atom is 0.265 e. The van der Waals surface area contributed by atoms with Crippen molar-refractivity contribution in [2.45, 2.75) is 13.5 Å². The Morgan fingerprint density at radius 3 is 2.70 bits per heavy atom.